The lowest BCUT2D eigenvalue weighted by molar-refractivity contribution is 0.0996. The predicted octanol–water partition coefficient (Wildman–Crippen LogP) is 2.20. The van der Waals surface area contributed by atoms with Crippen LogP contribution in [0.2, 0.25) is 0 Å². The summed E-state index contributed by atoms with van der Waals surface area (Å²) in [6.07, 6.45) is 0. The number of H-pyrrole nitrogens is 1. The Morgan fingerprint density at radius 2 is 1.77 bits per heavy atom. The van der Waals surface area contributed by atoms with Gasteiger partial charge in [0.1, 0.15) is 0 Å². The fourth-order valence-corrected chi connectivity index (χ4v) is 4.04. The summed E-state index contributed by atoms with van der Waals surface area (Å²) in [7, 11) is -2.45. The molecular weight excluding hydrogens is 406 g/mol. The van der Waals surface area contributed by atoms with Crippen molar-refractivity contribution in [3.8, 4) is 0 Å². The lowest BCUT2D eigenvalue weighted by atomic mass is 10.2. The Morgan fingerprint density at radius 1 is 1.10 bits per heavy atom. The maximum Gasteiger partial charge on any atom is 0.271 e. The van der Waals surface area contributed by atoms with E-state index in [0.29, 0.717) is 11.4 Å². The summed E-state index contributed by atoms with van der Waals surface area (Å²) in [5.41, 5.74) is 7.36. The van der Waals surface area contributed by atoms with Crippen LogP contribution >= 0.6 is 0 Å². The third-order valence-electron chi connectivity index (χ3n) is 4.57. The third-order valence-corrected chi connectivity index (χ3v) is 6.35. The molecule has 9 nitrogen and oxygen atoms in total. The molecule has 156 valence electrons. The second kappa shape index (κ2) is 7.99. The lowest BCUT2D eigenvalue weighted by Gasteiger charge is -2.20. The Hall–Kier alpha value is -3.66. The highest BCUT2D eigenvalue weighted by molar-refractivity contribution is 7.92. The minimum absolute atomic E-state index is 0.0442. The van der Waals surface area contributed by atoms with Crippen molar-refractivity contribution >= 4 is 33.2 Å². The number of primary amides is 1. The number of hydrogen-bond donors (Lipinski definition) is 3. The molecule has 0 spiro atoms. The molecule has 0 radical (unpaired) electrons. The summed E-state index contributed by atoms with van der Waals surface area (Å²) in [5, 5.41) is 8.91. The van der Waals surface area contributed by atoms with Crippen LogP contribution in [-0.4, -0.2) is 37.5 Å². The smallest absolute Gasteiger partial charge is 0.271 e. The Kier molecular flexibility index (Phi) is 5.61. The first-order valence-electron chi connectivity index (χ1n) is 8.93. The second-order valence-corrected chi connectivity index (χ2v) is 8.70. The van der Waals surface area contributed by atoms with Crippen LogP contribution in [0.25, 0.3) is 0 Å². The molecule has 0 saturated carbocycles. The van der Waals surface area contributed by atoms with Crippen LogP contribution in [0.15, 0.2) is 53.4 Å². The number of anilines is 2. The molecule has 10 heteroatoms. The molecule has 2 aromatic carbocycles. The molecule has 0 aliphatic rings. The van der Waals surface area contributed by atoms with Gasteiger partial charge in [-0.15, -0.1) is 0 Å². The zero-order valence-electron chi connectivity index (χ0n) is 16.6. The van der Waals surface area contributed by atoms with E-state index in [1.54, 1.807) is 19.1 Å². The number of benzene rings is 2. The quantitative estimate of drug-likeness (QED) is 0.554. The zero-order valence-corrected chi connectivity index (χ0v) is 17.4. The highest BCUT2D eigenvalue weighted by Crippen LogP contribution is 2.24. The van der Waals surface area contributed by atoms with Gasteiger partial charge in [0.25, 0.3) is 21.8 Å². The highest BCUT2D eigenvalue weighted by atomic mass is 32.2. The van der Waals surface area contributed by atoms with Crippen molar-refractivity contribution in [3.05, 3.63) is 71.0 Å². The van der Waals surface area contributed by atoms with Crippen molar-refractivity contribution in [2.75, 3.05) is 16.7 Å². The number of aromatic amines is 1. The Labute approximate surface area is 174 Å². The van der Waals surface area contributed by atoms with Gasteiger partial charge in [-0.2, -0.15) is 5.10 Å². The van der Waals surface area contributed by atoms with E-state index in [1.807, 2.05) is 19.1 Å². The van der Waals surface area contributed by atoms with Gasteiger partial charge in [-0.05, 0) is 44.2 Å². The molecule has 3 rings (SSSR count). The van der Waals surface area contributed by atoms with E-state index in [0.717, 1.165) is 9.87 Å². The van der Waals surface area contributed by atoms with E-state index in [2.05, 4.69) is 15.5 Å². The first-order chi connectivity index (χ1) is 14.1. The molecule has 0 bridgehead atoms. The van der Waals surface area contributed by atoms with Gasteiger partial charge in [-0.25, -0.2) is 8.42 Å². The molecule has 4 N–H and O–H groups in total. The summed E-state index contributed by atoms with van der Waals surface area (Å²) in [6, 6.07) is 12.7. The number of nitrogens with zero attached hydrogens (tertiary/aromatic N) is 2. The Balaban J connectivity index is 1.90. The van der Waals surface area contributed by atoms with E-state index in [4.69, 9.17) is 5.73 Å². The standard InChI is InChI=1S/C20H21N5O4S/c1-12-7-9-15(10-8-12)25(3)30(28,29)16-6-4-5-14(11-16)20(27)22-17-13(2)23-24-18(17)19(21)26/h4-11H,1-3H3,(H2,21,26)(H,22,27)(H,23,24). The number of sulfonamides is 1. The highest BCUT2D eigenvalue weighted by Gasteiger charge is 2.23. The predicted molar refractivity (Wildman–Crippen MR) is 113 cm³/mol. The molecule has 3 aromatic rings. The Bertz CT molecular complexity index is 1220. The summed E-state index contributed by atoms with van der Waals surface area (Å²) < 4.78 is 27.2. The molecule has 2 amide bonds. The van der Waals surface area contributed by atoms with Gasteiger partial charge in [-0.1, -0.05) is 23.8 Å². The van der Waals surface area contributed by atoms with E-state index < -0.39 is 21.8 Å². The molecule has 30 heavy (non-hydrogen) atoms. The number of aromatic nitrogens is 2. The van der Waals surface area contributed by atoms with Gasteiger partial charge in [0.15, 0.2) is 5.69 Å². The fourth-order valence-electron chi connectivity index (χ4n) is 2.80. The van der Waals surface area contributed by atoms with Crippen molar-refractivity contribution in [2.45, 2.75) is 18.7 Å². The molecule has 0 fully saturated rings. The Morgan fingerprint density at radius 3 is 2.40 bits per heavy atom. The number of nitrogens with one attached hydrogen (secondary N) is 2. The van der Waals surface area contributed by atoms with Crippen LogP contribution < -0.4 is 15.4 Å². The molecule has 1 heterocycles. The van der Waals surface area contributed by atoms with Crippen molar-refractivity contribution in [2.24, 2.45) is 5.73 Å². The topological polar surface area (TPSA) is 138 Å². The molecule has 1 aromatic heterocycles. The first kappa shape index (κ1) is 21.1. The molecule has 0 aliphatic carbocycles. The fraction of sp³-hybridized carbons (Fsp3) is 0.150. The number of aryl methyl sites for hydroxylation is 2. The van der Waals surface area contributed by atoms with Gasteiger partial charge < -0.3 is 11.1 Å². The first-order valence-corrected chi connectivity index (χ1v) is 10.4. The molecule has 0 unspecified atom stereocenters. The number of hydrogen-bond acceptors (Lipinski definition) is 5. The number of rotatable bonds is 6. The van der Waals surface area contributed by atoms with Crippen LogP contribution in [-0.2, 0) is 10.0 Å². The van der Waals surface area contributed by atoms with Crippen molar-refractivity contribution in [3.63, 3.8) is 0 Å². The number of nitrogens with two attached hydrogens (primary N) is 1. The number of carbonyl (C=O) groups excluding carboxylic acids is 2. The van der Waals surface area contributed by atoms with Crippen LogP contribution in [0, 0.1) is 13.8 Å². The van der Waals surface area contributed by atoms with E-state index in [9.17, 15) is 18.0 Å². The summed E-state index contributed by atoms with van der Waals surface area (Å²) in [4.78, 5) is 24.1. The zero-order chi connectivity index (χ0) is 22.1. The maximum absolute atomic E-state index is 13.0. The van der Waals surface area contributed by atoms with E-state index >= 15 is 0 Å². The van der Waals surface area contributed by atoms with Gasteiger partial charge in [0.2, 0.25) is 0 Å². The number of amides is 2. The average molecular weight is 427 g/mol. The third kappa shape index (κ3) is 4.03. The van der Waals surface area contributed by atoms with Gasteiger partial charge in [-0.3, -0.25) is 19.0 Å². The summed E-state index contributed by atoms with van der Waals surface area (Å²) in [6.45, 7) is 3.53. The van der Waals surface area contributed by atoms with E-state index in [-0.39, 0.29) is 21.8 Å². The summed E-state index contributed by atoms with van der Waals surface area (Å²) >= 11 is 0. The molecular formula is C20H21N5O4S. The SMILES string of the molecule is Cc1ccc(N(C)S(=O)(=O)c2cccc(C(=O)Nc3c(C(N)=O)n[nH]c3C)c2)cc1. The van der Waals surface area contributed by atoms with Crippen LogP contribution in [0.3, 0.4) is 0 Å². The molecule has 0 aliphatic heterocycles. The summed E-state index contributed by atoms with van der Waals surface area (Å²) in [5.74, 6) is -1.40. The van der Waals surface area contributed by atoms with Crippen molar-refractivity contribution < 1.29 is 18.0 Å². The van der Waals surface area contributed by atoms with Crippen LogP contribution in [0.1, 0.15) is 32.1 Å². The van der Waals surface area contributed by atoms with Crippen molar-refractivity contribution in [1.82, 2.24) is 10.2 Å². The van der Waals surface area contributed by atoms with Gasteiger partial charge >= 0.3 is 0 Å². The minimum Gasteiger partial charge on any atom is -0.364 e. The normalized spacial score (nSPS) is 11.2. The monoisotopic (exact) mass is 427 g/mol. The largest absolute Gasteiger partial charge is 0.364 e. The number of carbonyl (C=O) groups is 2. The van der Waals surface area contributed by atoms with Crippen molar-refractivity contribution in [1.29, 1.82) is 0 Å². The molecule has 0 saturated heterocycles. The van der Waals surface area contributed by atoms with Crippen LogP contribution in [0.5, 0.6) is 0 Å². The van der Waals surface area contributed by atoms with E-state index in [1.165, 1.54) is 31.3 Å². The average Bonchev–Trinajstić information content (AvgIpc) is 3.08. The maximum atomic E-state index is 13.0. The van der Waals surface area contributed by atoms with Gasteiger partial charge in [0, 0.05) is 12.6 Å². The second-order valence-electron chi connectivity index (χ2n) is 6.73. The van der Waals surface area contributed by atoms with Gasteiger partial charge in [0.05, 0.1) is 22.0 Å². The van der Waals surface area contributed by atoms with Crippen LogP contribution in [0.4, 0.5) is 11.4 Å². The minimum atomic E-state index is -3.89. The lowest BCUT2D eigenvalue weighted by Crippen LogP contribution is -2.27. The molecule has 0 atom stereocenters.